The lowest BCUT2D eigenvalue weighted by Gasteiger charge is -2.23. The van der Waals surface area contributed by atoms with E-state index in [4.69, 9.17) is 0 Å². The molecular weight excluding hydrogens is 354 g/mol. The van der Waals surface area contributed by atoms with Crippen LogP contribution in [0.15, 0.2) is 30.6 Å². The summed E-state index contributed by atoms with van der Waals surface area (Å²) in [6.07, 6.45) is 3.88. The number of carbonyl (C=O) groups excluding carboxylic acids is 1. The Labute approximate surface area is 152 Å². The van der Waals surface area contributed by atoms with Gasteiger partial charge in [-0.1, -0.05) is 0 Å². The smallest absolute Gasteiger partial charge is 0.272 e. The van der Waals surface area contributed by atoms with E-state index in [0.717, 1.165) is 5.56 Å². The summed E-state index contributed by atoms with van der Waals surface area (Å²) in [5.74, 6) is 0.846. The molecule has 1 aliphatic heterocycles. The van der Waals surface area contributed by atoms with Gasteiger partial charge < -0.3 is 10.2 Å². The summed E-state index contributed by atoms with van der Waals surface area (Å²) in [5, 5.41) is 3.17. The number of pyridine rings is 1. The maximum atomic E-state index is 12.7. The Morgan fingerprint density at radius 2 is 2.04 bits per heavy atom. The Hall–Kier alpha value is -2.55. The lowest BCUT2D eigenvalue weighted by atomic mass is 10.2. The van der Waals surface area contributed by atoms with Crippen molar-refractivity contribution in [1.29, 1.82) is 0 Å². The summed E-state index contributed by atoms with van der Waals surface area (Å²) < 4.78 is 23.3. The average molecular weight is 375 g/mol. The highest BCUT2D eigenvalue weighted by Crippen LogP contribution is 2.19. The van der Waals surface area contributed by atoms with E-state index in [1.165, 1.54) is 4.90 Å². The maximum Gasteiger partial charge on any atom is 0.272 e. The van der Waals surface area contributed by atoms with E-state index >= 15 is 0 Å². The van der Waals surface area contributed by atoms with E-state index in [1.54, 1.807) is 32.4 Å². The Morgan fingerprint density at radius 1 is 1.31 bits per heavy atom. The molecule has 0 spiro atoms. The molecule has 1 fully saturated rings. The minimum atomic E-state index is -3.06. The zero-order valence-corrected chi connectivity index (χ0v) is 15.5. The fraction of sp³-hybridized carbons (Fsp3) is 0.412. The molecule has 0 bridgehead atoms. The molecule has 138 valence electrons. The Morgan fingerprint density at radius 3 is 2.69 bits per heavy atom. The summed E-state index contributed by atoms with van der Waals surface area (Å²) in [6, 6.07) is 5.07. The third kappa shape index (κ3) is 4.34. The zero-order chi connectivity index (χ0) is 18.7. The van der Waals surface area contributed by atoms with Crippen molar-refractivity contribution in [2.75, 3.05) is 23.9 Å². The van der Waals surface area contributed by atoms with Crippen LogP contribution in [-0.4, -0.2) is 58.8 Å². The third-order valence-corrected chi connectivity index (χ3v) is 6.11. The number of hydrogen-bond donors (Lipinski definition) is 1. The number of aryl methyl sites for hydroxylation is 1. The monoisotopic (exact) mass is 375 g/mol. The van der Waals surface area contributed by atoms with Gasteiger partial charge in [-0.05, 0) is 31.0 Å². The first-order chi connectivity index (χ1) is 12.3. The molecule has 3 heterocycles. The molecule has 0 aliphatic carbocycles. The molecule has 1 unspecified atom stereocenters. The number of nitrogens with one attached hydrogen (secondary N) is 1. The molecule has 1 amide bonds. The maximum absolute atomic E-state index is 12.7. The van der Waals surface area contributed by atoms with Crippen LogP contribution in [0.2, 0.25) is 0 Å². The van der Waals surface area contributed by atoms with Gasteiger partial charge >= 0.3 is 0 Å². The fourth-order valence-corrected chi connectivity index (χ4v) is 4.66. The molecule has 2 aromatic heterocycles. The normalized spacial score (nSPS) is 18.5. The van der Waals surface area contributed by atoms with Crippen molar-refractivity contribution >= 4 is 21.6 Å². The van der Waals surface area contributed by atoms with E-state index in [1.807, 2.05) is 12.1 Å². The van der Waals surface area contributed by atoms with Gasteiger partial charge in [0.1, 0.15) is 17.3 Å². The third-order valence-electron chi connectivity index (χ3n) is 4.36. The van der Waals surface area contributed by atoms with Gasteiger partial charge in [0.2, 0.25) is 0 Å². The summed E-state index contributed by atoms with van der Waals surface area (Å²) in [6.45, 7) is 2.26. The minimum Gasteiger partial charge on any atom is -0.366 e. The number of nitrogens with zero attached hydrogens (tertiary/aromatic N) is 4. The molecule has 9 heteroatoms. The quantitative estimate of drug-likeness (QED) is 0.833. The predicted octanol–water partition coefficient (Wildman–Crippen LogP) is 1.05. The van der Waals surface area contributed by atoms with Gasteiger partial charge in [0.25, 0.3) is 5.91 Å². The van der Waals surface area contributed by atoms with Crippen LogP contribution in [0, 0.1) is 6.92 Å². The lowest BCUT2D eigenvalue weighted by molar-refractivity contribution is 0.0741. The number of aromatic nitrogens is 3. The van der Waals surface area contributed by atoms with Gasteiger partial charge in [-0.25, -0.2) is 18.4 Å². The van der Waals surface area contributed by atoms with Crippen LogP contribution < -0.4 is 5.32 Å². The number of rotatable bonds is 5. The van der Waals surface area contributed by atoms with Crippen molar-refractivity contribution in [2.45, 2.75) is 25.9 Å². The van der Waals surface area contributed by atoms with Crippen LogP contribution in [0.5, 0.6) is 0 Å². The van der Waals surface area contributed by atoms with E-state index in [2.05, 4.69) is 20.3 Å². The van der Waals surface area contributed by atoms with Gasteiger partial charge in [-0.2, -0.15) is 0 Å². The number of carbonyl (C=O) groups is 1. The summed E-state index contributed by atoms with van der Waals surface area (Å²) in [7, 11) is -1.44. The number of anilines is 1. The van der Waals surface area contributed by atoms with E-state index in [9.17, 15) is 13.2 Å². The van der Waals surface area contributed by atoms with Crippen LogP contribution in [0.25, 0.3) is 0 Å². The molecule has 0 saturated carbocycles. The van der Waals surface area contributed by atoms with E-state index < -0.39 is 9.84 Å². The molecule has 1 atom stereocenters. The molecule has 1 saturated heterocycles. The first-order valence-corrected chi connectivity index (χ1v) is 10.1. The van der Waals surface area contributed by atoms with Crippen molar-refractivity contribution in [3.05, 3.63) is 47.7 Å². The zero-order valence-electron chi connectivity index (χ0n) is 14.7. The van der Waals surface area contributed by atoms with Crippen molar-refractivity contribution in [1.82, 2.24) is 19.9 Å². The molecule has 8 nitrogen and oxygen atoms in total. The second-order valence-corrected chi connectivity index (χ2v) is 8.60. The minimum absolute atomic E-state index is 0.00640. The molecular formula is C17H21N5O3S. The lowest BCUT2D eigenvalue weighted by Crippen LogP contribution is -2.38. The van der Waals surface area contributed by atoms with E-state index in [-0.39, 0.29) is 29.1 Å². The van der Waals surface area contributed by atoms with Gasteiger partial charge in [0.15, 0.2) is 9.84 Å². The van der Waals surface area contributed by atoms with Crippen LogP contribution in [0.4, 0.5) is 5.82 Å². The Bertz CT molecular complexity index is 902. The molecule has 26 heavy (non-hydrogen) atoms. The highest BCUT2D eigenvalue weighted by atomic mass is 32.2. The standard InChI is InChI=1S/C17H21N5O3S/c1-12-20-15(17(23)22(2)14-5-8-26(24,25)11-14)9-16(21-12)19-10-13-3-6-18-7-4-13/h3-4,6-7,9,14H,5,8,10-11H2,1-2H3,(H,19,20,21). The molecule has 3 rings (SSSR count). The van der Waals surface area contributed by atoms with Crippen LogP contribution in [0.3, 0.4) is 0 Å². The Kier molecular flexibility index (Phi) is 5.17. The number of amides is 1. The largest absolute Gasteiger partial charge is 0.366 e. The van der Waals surface area contributed by atoms with Crippen molar-refractivity contribution in [3.63, 3.8) is 0 Å². The highest BCUT2D eigenvalue weighted by Gasteiger charge is 2.33. The highest BCUT2D eigenvalue weighted by molar-refractivity contribution is 7.91. The van der Waals surface area contributed by atoms with E-state index in [0.29, 0.717) is 24.6 Å². The van der Waals surface area contributed by atoms with Crippen LogP contribution in [0.1, 0.15) is 28.3 Å². The van der Waals surface area contributed by atoms with Crippen molar-refractivity contribution < 1.29 is 13.2 Å². The second kappa shape index (κ2) is 7.36. The molecule has 2 aromatic rings. The summed E-state index contributed by atoms with van der Waals surface area (Å²) in [5.41, 5.74) is 1.29. The fourth-order valence-electron chi connectivity index (χ4n) is 2.89. The molecule has 0 aromatic carbocycles. The Balaban J connectivity index is 1.73. The van der Waals surface area contributed by atoms with Crippen molar-refractivity contribution in [3.8, 4) is 0 Å². The molecule has 1 aliphatic rings. The SMILES string of the molecule is Cc1nc(NCc2ccncc2)cc(C(=O)N(C)C2CCS(=O)(=O)C2)n1. The van der Waals surface area contributed by atoms with Crippen LogP contribution in [-0.2, 0) is 16.4 Å². The molecule has 0 radical (unpaired) electrons. The second-order valence-electron chi connectivity index (χ2n) is 6.37. The first-order valence-electron chi connectivity index (χ1n) is 8.30. The average Bonchev–Trinajstić information content (AvgIpc) is 2.99. The summed E-state index contributed by atoms with van der Waals surface area (Å²) >= 11 is 0. The van der Waals surface area contributed by atoms with Gasteiger partial charge in [0, 0.05) is 38.1 Å². The first kappa shape index (κ1) is 18.2. The molecule has 1 N–H and O–H groups in total. The topological polar surface area (TPSA) is 105 Å². The van der Waals surface area contributed by atoms with Crippen LogP contribution >= 0.6 is 0 Å². The van der Waals surface area contributed by atoms with Gasteiger partial charge in [-0.3, -0.25) is 9.78 Å². The number of hydrogen-bond acceptors (Lipinski definition) is 7. The van der Waals surface area contributed by atoms with Crippen molar-refractivity contribution in [2.24, 2.45) is 0 Å². The van der Waals surface area contributed by atoms with Gasteiger partial charge in [0.05, 0.1) is 11.5 Å². The predicted molar refractivity (Wildman–Crippen MR) is 97.5 cm³/mol. The summed E-state index contributed by atoms with van der Waals surface area (Å²) in [4.78, 5) is 26.7. The van der Waals surface area contributed by atoms with Gasteiger partial charge in [-0.15, -0.1) is 0 Å². The number of sulfone groups is 1.